The van der Waals surface area contributed by atoms with Crippen LogP contribution in [-0.2, 0) is 22.6 Å². The number of carbonyl (C=O) groups is 1. The summed E-state index contributed by atoms with van der Waals surface area (Å²) in [5.74, 6) is 1.08. The van der Waals surface area contributed by atoms with Gasteiger partial charge in [-0.15, -0.1) is 0 Å². The molecule has 0 spiro atoms. The van der Waals surface area contributed by atoms with Crippen molar-refractivity contribution in [2.45, 2.75) is 33.0 Å². The van der Waals surface area contributed by atoms with Crippen molar-refractivity contribution in [3.63, 3.8) is 0 Å². The Morgan fingerprint density at radius 1 is 1.32 bits per heavy atom. The average Bonchev–Trinajstić information content (AvgIpc) is 3.02. The highest BCUT2D eigenvalue weighted by molar-refractivity contribution is 5.93. The van der Waals surface area contributed by atoms with Crippen LogP contribution in [0, 0.1) is 5.92 Å². The molecule has 2 heterocycles. The van der Waals surface area contributed by atoms with Gasteiger partial charge in [0.05, 0.1) is 12.8 Å². The van der Waals surface area contributed by atoms with Crippen LogP contribution in [0.15, 0.2) is 42.6 Å². The van der Waals surface area contributed by atoms with E-state index in [2.05, 4.69) is 41.3 Å². The normalized spacial score (nSPS) is 18.4. The Labute approximate surface area is 148 Å². The zero-order valence-electron chi connectivity index (χ0n) is 14.9. The molecule has 0 bridgehead atoms. The maximum absolute atomic E-state index is 12.6. The molecule has 6 heteroatoms. The Morgan fingerprint density at radius 2 is 2.12 bits per heavy atom. The molecule has 0 aliphatic carbocycles. The number of rotatable bonds is 6. The Bertz CT molecular complexity index is 684. The van der Waals surface area contributed by atoms with E-state index in [0.717, 1.165) is 25.5 Å². The van der Waals surface area contributed by atoms with Crippen LogP contribution in [0.1, 0.15) is 19.4 Å². The number of nitrogens with one attached hydrogen (secondary N) is 1. The van der Waals surface area contributed by atoms with Gasteiger partial charge in [0.1, 0.15) is 11.9 Å². The highest BCUT2D eigenvalue weighted by atomic mass is 16.5. The van der Waals surface area contributed by atoms with Crippen LogP contribution >= 0.6 is 0 Å². The van der Waals surface area contributed by atoms with Crippen LogP contribution in [0.5, 0.6) is 0 Å². The van der Waals surface area contributed by atoms with E-state index in [9.17, 15) is 4.79 Å². The van der Waals surface area contributed by atoms with E-state index in [1.165, 1.54) is 5.56 Å². The summed E-state index contributed by atoms with van der Waals surface area (Å²) < 4.78 is 7.52. The molecule has 25 heavy (non-hydrogen) atoms. The highest BCUT2D eigenvalue weighted by Crippen LogP contribution is 2.14. The average molecular weight is 342 g/mol. The molecule has 3 rings (SSSR count). The molecule has 1 amide bonds. The number of benzene rings is 1. The quantitative estimate of drug-likeness (QED) is 0.876. The lowest BCUT2D eigenvalue weighted by Gasteiger charge is -2.32. The van der Waals surface area contributed by atoms with Gasteiger partial charge >= 0.3 is 0 Å². The summed E-state index contributed by atoms with van der Waals surface area (Å²) in [5.41, 5.74) is 1.25. The fraction of sp³-hybridized carbons (Fsp3) is 0.474. The third-order valence-corrected chi connectivity index (χ3v) is 4.20. The summed E-state index contributed by atoms with van der Waals surface area (Å²) >= 11 is 0. The minimum atomic E-state index is -0.458. The lowest BCUT2D eigenvalue weighted by atomic mass is 10.2. The number of aromatic nitrogens is 2. The van der Waals surface area contributed by atoms with Crippen molar-refractivity contribution in [1.82, 2.24) is 14.7 Å². The fourth-order valence-electron chi connectivity index (χ4n) is 2.98. The van der Waals surface area contributed by atoms with E-state index in [-0.39, 0.29) is 5.91 Å². The second-order valence-corrected chi connectivity index (χ2v) is 6.86. The maximum Gasteiger partial charge on any atom is 0.255 e. The van der Waals surface area contributed by atoms with E-state index >= 15 is 0 Å². The summed E-state index contributed by atoms with van der Waals surface area (Å²) in [7, 11) is 0. The third kappa shape index (κ3) is 4.90. The van der Waals surface area contributed by atoms with E-state index in [4.69, 9.17) is 4.74 Å². The fourth-order valence-corrected chi connectivity index (χ4v) is 2.98. The van der Waals surface area contributed by atoms with Gasteiger partial charge in [-0.1, -0.05) is 44.2 Å². The zero-order chi connectivity index (χ0) is 17.6. The molecule has 2 aromatic rings. The van der Waals surface area contributed by atoms with Crippen LogP contribution in [0.25, 0.3) is 0 Å². The zero-order valence-corrected chi connectivity index (χ0v) is 14.9. The second-order valence-electron chi connectivity index (χ2n) is 6.86. The molecule has 1 atom stereocenters. The van der Waals surface area contributed by atoms with E-state index in [1.807, 2.05) is 28.9 Å². The Kier molecular flexibility index (Phi) is 5.83. The summed E-state index contributed by atoms with van der Waals surface area (Å²) in [6.07, 6.45) is 1.25. The standard InChI is InChI=1S/C19H26N4O2/c1-15(2)12-23-18(8-9-20-23)21-19(24)17-14-22(10-11-25-17)13-16-6-4-3-5-7-16/h3-9,15,17H,10-14H2,1-2H3,(H,21,24)/t17-/m0/s1. The first kappa shape index (κ1) is 17.6. The number of carbonyl (C=O) groups excluding carboxylic acids is 1. The van der Waals surface area contributed by atoms with Crippen molar-refractivity contribution in [3.05, 3.63) is 48.2 Å². The molecule has 134 valence electrons. The lowest BCUT2D eigenvalue weighted by molar-refractivity contribution is -0.133. The van der Waals surface area contributed by atoms with E-state index < -0.39 is 6.10 Å². The minimum absolute atomic E-state index is 0.108. The Balaban J connectivity index is 1.58. The molecular weight excluding hydrogens is 316 g/mol. The first-order valence-corrected chi connectivity index (χ1v) is 8.82. The van der Waals surface area contributed by atoms with Gasteiger partial charge in [-0.05, 0) is 11.5 Å². The number of morpholine rings is 1. The predicted octanol–water partition coefficient (Wildman–Crippen LogP) is 2.38. The first-order valence-electron chi connectivity index (χ1n) is 8.82. The molecule has 1 saturated heterocycles. The van der Waals surface area contributed by atoms with Gasteiger partial charge in [-0.3, -0.25) is 9.69 Å². The van der Waals surface area contributed by atoms with Crippen LogP contribution in [0.4, 0.5) is 5.82 Å². The number of anilines is 1. The molecule has 1 aromatic heterocycles. The number of ether oxygens (including phenoxy) is 1. The molecule has 6 nitrogen and oxygen atoms in total. The summed E-state index contributed by atoms with van der Waals surface area (Å²) in [6.45, 7) is 7.85. The van der Waals surface area contributed by atoms with Gasteiger partial charge in [-0.25, -0.2) is 4.68 Å². The molecule has 1 aliphatic heterocycles. The van der Waals surface area contributed by atoms with Gasteiger partial charge in [0.2, 0.25) is 0 Å². The monoisotopic (exact) mass is 342 g/mol. The third-order valence-electron chi connectivity index (χ3n) is 4.20. The smallest absolute Gasteiger partial charge is 0.255 e. The van der Waals surface area contributed by atoms with Gasteiger partial charge in [0.25, 0.3) is 5.91 Å². The number of hydrogen-bond acceptors (Lipinski definition) is 4. The van der Waals surface area contributed by atoms with Crippen LogP contribution in [0.2, 0.25) is 0 Å². The van der Waals surface area contributed by atoms with Crippen LogP contribution in [0.3, 0.4) is 0 Å². The molecule has 0 radical (unpaired) electrons. The van der Waals surface area contributed by atoms with Gasteiger partial charge < -0.3 is 10.1 Å². The van der Waals surface area contributed by atoms with Crippen molar-refractivity contribution in [1.29, 1.82) is 0 Å². The molecule has 1 N–H and O–H groups in total. The number of hydrogen-bond donors (Lipinski definition) is 1. The topological polar surface area (TPSA) is 59.4 Å². The van der Waals surface area contributed by atoms with Crippen LogP contribution < -0.4 is 5.32 Å². The van der Waals surface area contributed by atoms with Gasteiger partial charge in [0, 0.05) is 32.2 Å². The molecule has 0 saturated carbocycles. The Hall–Kier alpha value is -2.18. The number of amides is 1. The summed E-state index contributed by atoms with van der Waals surface area (Å²) in [5, 5.41) is 7.24. The molecule has 1 aromatic carbocycles. The van der Waals surface area contributed by atoms with Crippen molar-refractivity contribution < 1.29 is 9.53 Å². The molecule has 0 unspecified atom stereocenters. The molecule has 1 fully saturated rings. The van der Waals surface area contributed by atoms with Gasteiger partial charge in [0.15, 0.2) is 0 Å². The minimum Gasteiger partial charge on any atom is -0.366 e. The van der Waals surface area contributed by atoms with E-state index in [1.54, 1.807) is 6.20 Å². The molecular formula is C19H26N4O2. The SMILES string of the molecule is CC(C)Cn1nccc1NC(=O)[C@@H]1CN(Cc2ccccc2)CCO1. The van der Waals surface area contributed by atoms with Crippen molar-refractivity contribution >= 4 is 11.7 Å². The van der Waals surface area contributed by atoms with E-state index in [0.29, 0.717) is 19.1 Å². The van der Waals surface area contributed by atoms with Gasteiger partial charge in [-0.2, -0.15) is 5.10 Å². The van der Waals surface area contributed by atoms with Crippen molar-refractivity contribution in [2.24, 2.45) is 5.92 Å². The van der Waals surface area contributed by atoms with Crippen molar-refractivity contribution in [3.8, 4) is 0 Å². The second kappa shape index (κ2) is 8.27. The molecule has 1 aliphatic rings. The summed E-state index contributed by atoms with van der Waals surface area (Å²) in [6, 6.07) is 12.1. The largest absolute Gasteiger partial charge is 0.366 e. The lowest BCUT2D eigenvalue weighted by Crippen LogP contribution is -2.47. The highest BCUT2D eigenvalue weighted by Gasteiger charge is 2.27. The maximum atomic E-state index is 12.6. The van der Waals surface area contributed by atoms with Crippen molar-refractivity contribution in [2.75, 3.05) is 25.0 Å². The first-order chi connectivity index (χ1) is 12.1. The number of nitrogens with zero attached hydrogens (tertiary/aromatic N) is 3. The Morgan fingerprint density at radius 3 is 2.88 bits per heavy atom. The predicted molar refractivity (Wildman–Crippen MR) is 97.2 cm³/mol. The van der Waals surface area contributed by atoms with Crippen LogP contribution in [-0.4, -0.2) is 46.4 Å². The summed E-state index contributed by atoms with van der Waals surface area (Å²) in [4.78, 5) is 14.9.